The van der Waals surface area contributed by atoms with Crippen LogP contribution in [0.4, 0.5) is 0 Å². The van der Waals surface area contributed by atoms with Gasteiger partial charge in [-0.1, -0.05) is 0 Å². The molecular formula is C27H41N3O4. The lowest BCUT2D eigenvalue weighted by Crippen LogP contribution is -2.50. The minimum Gasteiger partial charge on any atom is -0.484 e. The zero-order valence-corrected chi connectivity index (χ0v) is 21.2. The molecule has 188 valence electrons. The summed E-state index contributed by atoms with van der Waals surface area (Å²) in [5.74, 6) is 0.735. The Morgan fingerprint density at radius 2 is 1.59 bits per heavy atom. The molecule has 7 nitrogen and oxygen atoms in total. The highest BCUT2D eigenvalue weighted by atomic mass is 16.5. The summed E-state index contributed by atoms with van der Waals surface area (Å²) in [7, 11) is 0. The van der Waals surface area contributed by atoms with E-state index in [9.17, 15) is 9.59 Å². The number of hydrogen-bond acceptors (Lipinski definition) is 5. The molecule has 1 aromatic rings. The smallest absolute Gasteiger partial charge is 0.260 e. The molecule has 3 heterocycles. The second kappa shape index (κ2) is 11.1. The van der Waals surface area contributed by atoms with Gasteiger partial charge in [-0.3, -0.25) is 14.5 Å². The summed E-state index contributed by atoms with van der Waals surface area (Å²) in [5.41, 5.74) is 0.674. The Morgan fingerprint density at radius 3 is 2.24 bits per heavy atom. The first kappa shape index (κ1) is 25.0. The van der Waals surface area contributed by atoms with E-state index in [1.165, 1.54) is 6.42 Å². The molecule has 4 rings (SSSR count). The van der Waals surface area contributed by atoms with Gasteiger partial charge in [0.2, 0.25) is 0 Å². The Balaban J connectivity index is 1.31. The third-order valence-corrected chi connectivity index (χ3v) is 7.55. The number of carbonyl (C=O) groups is 2. The summed E-state index contributed by atoms with van der Waals surface area (Å²) in [4.78, 5) is 32.4. The number of piperidine rings is 1. The summed E-state index contributed by atoms with van der Waals surface area (Å²) in [6.07, 6.45) is 5.82. The number of nitrogens with zero attached hydrogens (tertiary/aromatic N) is 3. The SMILES string of the molecule is CC1CN(CC2CCCN2C(=O)c2ccc(OCC(=O)N3C(C)CCCC3C)cc2)CC(C)O1. The van der Waals surface area contributed by atoms with Gasteiger partial charge in [-0.25, -0.2) is 0 Å². The summed E-state index contributed by atoms with van der Waals surface area (Å²) < 4.78 is 11.6. The second-order valence-corrected chi connectivity index (χ2v) is 10.5. The minimum absolute atomic E-state index is 0.0338. The Kier molecular flexibility index (Phi) is 8.14. The number of amides is 2. The van der Waals surface area contributed by atoms with E-state index in [1.54, 1.807) is 12.1 Å². The number of likely N-dealkylation sites (tertiary alicyclic amines) is 2. The van der Waals surface area contributed by atoms with Crippen LogP contribution >= 0.6 is 0 Å². The van der Waals surface area contributed by atoms with Gasteiger partial charge < -0.3 is 19.3 Å². The molecule has 0 aromatic heterocycles. The van der Waals surface area contributed by atoms with Gasteiger partial charge in [0.15, 0.2) is 6.61 Å². The number of rotatable bonds is 6. The van der Waals surface area contributed by atoms with Gasteiger partial charge in [-0.05, 0) is 84.1 Å². The molecule has 0 spiro atoms. The molecule has 3 aliphatic rings. The van der Waals surface area contributed by atoms with E-state index in [0.29, 0.717) is 11.3 Å². The molecule has 7 heteroatoms. The van der Waals surface area contributed by atoms with Crippen molar-refractivity contribution in [3.63, 3.8) is 0 Å². The van der Waals surface area contributed by atoms with Crippen molar-refractivity contribution in [1.29, 1.82) is 0 Å². The molecule has 34 heavy (non-hydrogen) atoms. The van der Waals surface area contributed by atoms with E-state index in [1.807, 2.05) is 21.9 Å². The van der Waals surface area contributed by atoms with Crippen molar-refractivity contribution in [1.82, 2.24) is 14.7 Å². The van der Waals surface area contributed by atoms with Crippen LogP contribution in [0, 0.1) is 0 Å². The average Bonchev–Trinajstić information content (AvgIpc) is 3.24. The van der Waals surface area contributed by atoms with Crippen molar-refractivity contribution in [3.05, 3.63) is 29.8 Å². The zero-order chi connectivity index (χ0) is 24.2. The second-order valence-electron chi connectivity index (χ2n) is 10.5. The van der Waals surface area contributed by atoms with Crippen LogP contribution in [0.1, 0.15) is 70.2 Å². The van der Waals surface area contributed by atoms with E-state index < -0.39 is 0 Å². The predicted molar refractivity (Wildman–Crippen MR) is 132 cm³/mol. The molecule has 0 saturated carbocycles. The molecule has 2 amide bonds. The third-order valence-electron chi connectivity index (χ3n) is 7.55. The zero-order valence-electron chi connectivity index (χ0n) is 21.2. The van der Waals surface area contributed by atoms with Crippen LogP contribution < -0.4 is 4.74 Å². The van der Waals surface area contributed by atoms with Crippen LogP contribution in [0.2, 0.25) is 0 Å². The molecule has 5 atom stereocenters. The highest BCUT2D eigenvalue weighted by Gasteiger charge is 2.33. The Labute approximate surface area is 204 Å². The standard InChI is InChI=1S/C27H41N3O4/c1-19-7-5-8-20(2)30(19)26(31)18-33-25-12-10-23(11-13-25)27(32)29-14-6-9-24(29)17-28-15-21(3)34-22(4)16-28/h10-13,19-22,24H,5-9,14-18H2,1-4H3. The maximum absolute atomic E-state index is 13.3. The molecule has 1 aromatic carbocycles. The third kappa shape index (κ3) is 5.92. The largest absolute Gasteiger partial charge is 0.484 e. The van der Waals surface area contributed by atoms with Gasteiger partial charge in [0.05, 0.1) is 12.2 Å². The van der Waals surface area contributed by atoms with Crippen molar-refractivity contribution >= 4 is 11.8 Å². The number of hydrogen-bond donors (Lipinski definition) is 0. The first-order chi connectivity index (χ1) is 16.3. The van der Waals surface area contributed by atoms with Crippen LogP contribution in [0.3, 0.4) is 0 Å². The normalized spacial score (nSPS) is 30.4. The molecule has 3 aliphatic heterocycles. The molecule has 5 unspecified atom stereocenters. The van der Waals surface area contributed by atoms with Crippen molar-refractivity contribution in [3.8, 4) is 5.75 Å². The Bertz CT molecular complexity index is 825. The lowest BCUT2D eigenvalue weighted by molar-refractivity contribution is -0.139. The average molecular weight is 472 g/mol. The first-order valence-electron chi connectivity index (χ1n) is 13.0. The number of carbonyl (C=O) groups excluding carboxylic acids is 2. The highest BCUT2D eigenvalue weighted by molar-refractivity contribution is 5.94. The monoisotopic (exact) mass is 471 g/mol. The van der Waals surface area contributed by atoms with Gasteiger partial charge >= 0.3 is 0 Å². The van der Waals surface area contributed by atoms with Crippen molar-refractivity contribution in [2.24, 2.45) is 0 Å². The van der Waals surface area contributed by atoms with E-state index in [4.69, 9.17) is 9.47 Å². The highest BCUT2D eigenvalue weighted by Crippen LogP contribution is 2.25. The van der Waals surface area contributed by atoms with Gasteiger partial charge in [0, 0.05) is 49.9 Å². The predicted octanol–water partition coefficient (Wildman–Crippen LogP) is 3.57. The summed E-state index contributed by atoms with van der Waals surface area (Å²) in [6, 6.07) is 8.02. The topological polar surface area (TPSA) is 62.3 Å². The fraction of sp³-hybridized carbons (Fsp3) is 0.704. The lowest BCUT2D eigenvalue weighted by atomic mass is 9.97. The summed E-state index contributed by atoms with van der Waals surface area (Å²) in [5, 5.41) is 0. The molecule has 0 aliphatic carbocycles. The van der Waals surface area contributed by atoms with Crippen LogP contribution in [0.25, 0.3) is 0 Å². The van der Waals surface area contributed by atoms with Crippen LogP contribution in [-0.2, 0) is 9.53 Å². The fourth-order valence-electron chi connectivity index (χ4n) is 6.02. The molecule has 3 fully saturated rings. The molecule has 3 saturated heterocycles. The van der Waals surface area contributed by atoms with Gasteiger partial charge in [-0.15, -0.1) is 0 Å². The maximum atomic E-state index is 13.3. The summed E-state index contributed by atoms with van der Waals surface area (Å²) in [6.45, 7) is 12.0. The van der Waals surface area contributed by atoms with Gasteiger partial charge in [0.1, 0.15) is 5.75 Å². The van der Waals surface area contributed by atoms with Crippen molar-refractivity contribution < 1.29 is 19.1 Å². The quantitative estimate of drug-likeness (QED) is 0.635. The number of morpholine rings is 1. The maximum Gasteiger partial charge on any atom is 0.260 e. The van der Waals surface area contributed by atoms with Gasteiger partial charge in [-0.2, -0.15) is 0 Å². The van der Waals surface area contributed by atoms with E-state index in [-0.39, 0.29) is 48.8 Å². The molecule has 0 N–H and O–H groups in total. The Morgan fingerprint density at radius 1 is 0.941 bits per heavy atom. The van der Waals surface area contributed by atoms with Crippen LogP contribution in [0.5, 0.6) is 5.75 Å². The van der Waals surface area contributed by atoms with Gasteiger partial charge in [0.25, 0.3) is 11.8 Å². The van der Waals surface area contributed by atoms with Crippen LogP contribution in [-0.4, -0.2) is 89.6 Å². The lowest BCUT2D eigenvalue weighted by Gasteiger charge is -2.39. The Hall–Kier alpha value is -2.12. The van der Waals surface area contributed by atoms with Crippen molar-refractivity contribution in [2.45, 2.75) is 90.1 Å². The first-order valence-corrected chi connectivity index (χ1v) is 13.0. The van der Waals surface area contributed by atoms with Crippen molar-refractivity contribution in [2.75, 3.05) is 32.8 Å². The van der Waals surface area contributed by atoms with E-state index in [0.717, 1.165) is 51.9 Å². The summed E-state index contributed by atoms with van der Waals surface area (Å²) >= 11 is 0. The molecular weight excluding hydrogens is 430 g/mol. The molecule has 0 bridgehead atoms. The number of benzene rings is 1. The van der Waals surface area contributed by atoms with E-state index in [2.05, 4.69) is 32.6 Å². The minimum atomic E-state index is 0.0338. The fourth-order valence-corrected chi connectivity index (χ4v) is 6.02. The van der Waals surface area contributed by atoms with Crippen LogP contribution in [0.15, 0.2) is 24.3 Å². The van der Waals surface area contributed by atoms with E-state index >= 15 is 0 Å². The molecule has 0 radical (unpaired) electrons. The number of ether oxygens (including phenoxy) is 2.